The number of anilines is 1. The fourth-order valence-corrected chi connectivity index (χ4v) is 6.01. The van der Waals surface area contributed by atoms with Crippen LogP contribution in [-0.2, 0) is 16.2 Å². The van der Waals surface area contributed by atoms with Crippen molar-refractivity contribution in [3.8, 4) is 5.75 Å². The number of ether oxygens (including phenoxy) is 1. The molecule has 1 fully saturated rings. The van der Waals surface area contributed by atoms with E-state index in [4.69, 9.17) is 16.3 Å². The highest BCUT2D eigenvalue weighted by atomic mass is 35.5. The van der Waals surface area contributed by atoms with Crippen molar-refractivity contribution in [3.63, 3.8) is 0 Å². The molecule has 7 heteroatoms. The smallest absolute Gasteiger partial charge is 0.268 e. The Kier molecular flexibility index (Phi) is 5.35. The van der Waals surface area contributed by atoms with Gasteiger partial charge in [0.25, 0.3) is 11.8 Å². The second kappa shape index (κ2) is 8.19. The fourth-order valence-electron chi connectivity index (χ4n) is 4.43. The summed E-state index contributed by atoms with van der Waals surface area (Å²) in [5.41, 5.74) is 3.18. The number of rotatable bonds is 4. The Bertz CT molecular complexity index is 1200. The normalized spacial score (nSPS) is 19.5. The highest BCUT2D eigenvalue weighted by Crippen LogP contribution is 2.54. The number of para-hydroxylation sites is 1. The average molecular weight is 465 g/mol. The van der Waals surface area contributed by atoms with E-state index in [2.05, 4.69) is 0 Å². The summed E-state index contributed by atoms with van der Waals surface area (Å²) in [5.74, 6) is 1.17. The molecule has 3 aromatic rings. The summed E-state index contributed by atoms with van der Waals surface area (Å²) >= 11 is 7.53. The maximum atomic E-state index is 14.0. The van der Waals surface area contributed by atoms with Crippen molar-refractivity contribution in [3.05, 3.63) is 94.5 Å². The number of fused-ring (bicyclic) bond motifs is 2. The Balaban J connectivity index is 1.55. The summed E-state index contributed by atoms with van der Waals surface area (Å²) in [6.07, 6.45) is 0. The van der Waals surface area contributed by atoms with Crippen LogP contribution in [0.5, 0.6) is 5.75 Å². The zero-order chi connectivity index (χ0) is 22.3. The van der Waals surface area contributed by atoms with E-state index < -0.39 is 4.87 Å². The quantitative estimate of drug-likeness (QED) is 0.549. The van der Waals surface area contributed by atoms with Crippen molar-refractivity contribution in [1.82, 2.24) is 4.90 Å². The minimum absolute atomic E-state index is 0.0914. The molecule has 0 aliphatic carbocycles. The maximum Gasteiger partial charge on any atom is 0.268 e. The first-order valence-corrected chi connectivity index (χ1v) is 11.7. The van der Waals surface area contributed by atoms with Gasteiger partial charge in [-0.05, 0) is 48.0 Å². The van der Waals surface area contributed by atoms with Gasteiger partial charge in [0, 0.05) is 28.4 Å². The molecule has 2 aliphatic rings. The lowest BCUT2D eigenvalue weighted by atomic mass is 10.0. The summed E-state index contributed by atoms with van der Waals surface area (Å²) in [4.78, 5) is 29.9. The van der Waals surface area contributed by atoms with Gasteiger partial charge in [0.05, 0.1) is 19.3 Å². The van der Waals surface area contributed by atoms with Gasteiger partial charge in [0.1, 0.15) is 5.75 Å². The van der Waals surface area contributed by atoms with Crippen LogP contribution in [0.15, 0.2) is 72.8 Å². The SMILES string of the molecule is COc1cccc(CN2C(=O)[C@]3(SCCN3C(=O)c3ccc(Cl)cc3)c3ccccc32)c1. The van der Waals surface area contributed by atoms with Crippen LogP contribution in [0.2, 0.25) is 5.02 Å². The fraction of sp³-hybridized carbons (Fsp3) is 0.200. The van der Waals surface area contributed by atoms with Gasteiger partial charge in [-0.3, -0.25) is 9.59 Å². The van der Waals surface area contributed by atoms with Crippen molar-refractivity contribution in [1.29, 1.82) is 0 Å². The minimum atomic E-state index is -1.06. The molecule has 3 aromatic carbocycles. The molecule has 2 heterocycles. The summed E-state index contributed by atoms with van der Waals surface area (Å²) in [5, 5.41) is 0.568. The maximum absolute atomic E-state index is 14.0. The van der Waals surface area contributed by atoms with Gasteiger partial charge < -0.3 is 14.5 Å². The van der Waals surface area contributed by atoms with Gasteiger partial charge in [-0.1, -0.05) is 41.9 Å². The van der Waals surface area contributed by atoms with Crippen LogP contribution >= 0.6 is 23.4 Å². The Morgan fingerprint density at radius 3 is 2.66 bits per heavy atom. The number of hydrogen-bond donors (Lipinski definition) is 0. The van der Waals surface area contributed by atoms with Gasteiger partial charge >= 0.3 is 0 Å². The second-order valence-electron chi connectivity index (χ2n) is 7.72. The Morgan fingerprint density at radius 1 is 1.09 bits per heavy atom. The lowest BCUT2D eigenvalue weighted by Crippen LogP contribution is -2.50. The summed E-state index contributed by atoms with van der Waals surface area (Å²) < 4.78 is 5.34. The number of amides is 2. The van der Waals surface area contributed by atoms with Crippen molar-refractivity contribution < 1.29 is 14.3 Å². The number of benzene rings is 3. The van der Waals surface area contributed by atoms with Crippen molar-refractivity contribution in [2.24, 2.45) is 0 Å². The minimum Gasteiger partial charge on any atom is -0.497 e. The predicted molar refractivity (Wildman–Crippen MR) is 127 cm³/mol. The molecule has 1 saturated heterocycles. The van der Waals surface area contributed by atoms with Gasteiger partial charge in [-0.25, -0.2) is 0 Å². The summed E-state index contributed by atoms with van der Waals surface area (Å²) in [6.45, 7) is 0.900. The third-order valence-electron chi connectivity index (χ3n) is 5.91. The number of nitrogens with zero attached hydrogens (tertiary/aromatic N) is 2. The Morgan fingerprint density at radius 2 is 1.88 bits per heavy atom. The van der Waals surface area contributed by atoms with E-state index in [0.29, 0.717) is 29.4 Å². The van der Waals surface area contributed by atoms with Gasteiger partial charge in [0.2, 0.25) is 0 Å². The van der Waals surface area contributed by atoms with Crippen LogP contribution in [0.25, 0.3) is 0 Å². The average Bonchev–Trinajstić information content (AvgIpc) is 3.36. The molecule has 1 spiro atoms. The first-order chi connectivity index (χ1) is 15.5. The van der Waals surface area contributed by atoms with E-state index >= 15 is 0 Å². The number of carbonyl (C=O) groups excluding carboxylic acids is 2. The lowest BCUT2D eigenvalue weighted by Gasteiger charge is -2.33. The molecule has 0 radical (unpaired) electrons. The number of halogens is 1. The summed E-state index contributed by atoms with van der Waals surface area (Å²) in [7, 11) is 1.62. The molecule has 0 bridgehead atoms. The van der Waals surface area contributed by atoms with Crippen molar-refractivity contribution in [2.45, 2.75) is 11.4 Å². The van der Waals surface area contributed by atoms with Gasteiger partial charge in [0.15, 0.2) is 4.87 Å². The molecular formula is C25H21ClN2O3S. The molecule has 32 heavy (non-hydrogen) atoms. The van der Waals surface area contributed by atoms with E-state index in [1.807, 2.05) is 48.5 Å². The van der Waals surface area contributed by atoms with Crippen LogP contribution in [-0.4, -0.2) is 36.1 Å². The Hall–Kier alpha value is -2.96. The topological polar surface area (TPSA) is 49.9 Å². The van der Waals surface area contributed by atoms with E-state index in [1.54, 1.807) is 41.2 Å². The number of hydrogen-bond acceptors (Lipinski definition) is 4. The molecular weight excluding hydrogens is 444 g/mol. The molecule has 5 rings (SSSR count). The monoisotopic (exact) mass is 464 g/mol. The van der Waals surface area contributed by atoms with Gasteiger partial charge in [-0.15, -0.1) is 11.8 Å². The largest absolute Gasteiger partial charge is 0.497 e. The standard InChI is InChI=1S/C25H21ClN2O3S/c1-31-20-6-4-5-17(15-20)16-27-22-8-3-2-7-21(22)25(24(27)30)28(13-14-32-25)23(29)18-9-11-19(26)12-10-18/h2-12,15H,13-14,16H2,1H3/t25-/m1/s1. The number of carbonyl (C=O) groups is 2. The van der Waals surface area contributed by atoms with E-state index in [0.717, 1.165) is 22.6 Å². The highest BCUT2D eigenvalue weighted by Gasteiger charge is 2.59. The van der Waals surface area contributed by atoms with Crippen LogP contribution in [0.4, 0.5) is 5.69 Å². The van der Waals surface area contributed by atoms with Crippen LogP contribution in [0, 0.1) is 0 Å². The first-order valence-electron chi connectivity index (χ1n) is 10.3. The highest BCUT2D eigenvalue weighted by molar-refractivity contribution is 8.01. The molecule has 1 atom stereocenters. The number of thioether (sulfide) groups is 1. The van der Waals surface area contributed by atoms with Crippen molar-refractivity contribution in [2.75, 3.05) is 24.3 Å². The first kappa shape index (κ1) is 20.9. The molecule has 2 amide bonds. The third-order valence-corrected chi connectivity index (χ3v) is 7.58. The molecule has 0 unspecified atom stereocenters. The predicted octanol–water partition coefficient (Wildman–Crippen LogP) is 4.94. The summed E-state index contributed by atoms with van der Waals surface area (Å²) in [6, 6.07) is 22.3. The second-order valence-corrected chi connectivity index (χ2v) is 9.44. The van der Waals surface area contributed by atoms with E-state index in [-0.39, 0.29) is 11.8 Å². The van der Waals surface area contributed by atoms with Crippen LogP contribution in [0.1, 0.15) is 21.5 Å². The van der Waals surface area contributed by atoms with E-state index in [9.17, 15) is 9.59 Å². The van der Waals surface area contributed by atoms with Gasteiger partial charge in [-0.2, -0.15) is 0 Å². The molecule has 162 valence electrons. The zero-order valence-electron chi connectivity index (χ0n) is 17.5. The molecule has 0 saturated carbocycles. The molecule has 0 N–H and O–H groups in total. The lowest BCUT2D eigenvalue weighted by molar-refractivity contribution is -0.123. The van der Waals surface area contributed by atoms with Crippen molar-refractivity contribution >= 4 is 40.9 Å². The van der Waals surface area contributed by atoms with Crippen LogP contribution < -0.4 is 9.64 Å². The molecule has 5 nitrogen and oxygen atoms in total. The molecule has 2 aliphatic heterocycles. The third kappa shape index (κ3) is 3.26. The zero-order valence-corrected chi connectivity index (χ0v) is 19.0. The van der Waals surface area contributed by atoms with E-state index in [1.165, 1.54) is 11.8 Å². The molecule has 0 aromatic heterocycles. The van der Waals surface area contributed by atoms with Crippen LogP contribution in [0.3, 0.4) is 0 Å². The Labute approximate surface area is 195 Å². The number of methoxy groups -OCH3 is 1.